The van der Waals surface area contributed by atoms with Gasteiger partial charge in [0.1, 0.15) is 5.82 Å². The van der Waals surface area contributed by atoms with E-state index in [1.54, 1.807) is 19.1 Å². The highest BCUT2D eigenvalue weighted by Gasteiger charge is 2.01. The first kappa shape index (κ1) is 10.9. The van der Waals surface area contributed by atoms with Crippen molar-refractivity contribution in [2.75, 3.05) is 5.75 Å². The van der Waals surface area contributed by atoms with Gasteiger partial charge < -0.3 is 0 Å². The molecular formula is C10H11FO2S. The Bertz CT molecular complexity index is 435. The minimum atomic E-state index is -3.18. The fraction of sp³-hybridized carbons (Fsp3) is 0.200. The van der Waals surface area contributed by atoms with Gasteiger partial charge in [-0.1, -0.05) is 25.1 Å². The first-order valence-corrected chi connectivity index (χ1v) is 5.92. The van der Waals surface area contributed by atoms with Gasteiger partial charge in [0.25, 0.3) is 0 Å². The smallest absolute Gasteiger partial charge is 0.171 e. The molecule has 14 heavy (non-hydrogen) atoms. The first-order chi connectivity index (χ1) is 6.55. The van der Waals surface area contributed by atoms with E-state index in [0.717, 1.165) is 5.41 Å². The summed E-state index contributed by atoms with van der Waals surface area (Å²) in [4.78, 5) is 0. The van der Waals surface area contributed by atoms with Crippen molar-refractivity contribution in [1.82, 2.24) is 0 Å². The quantitative estimate of drug-likeness (QED) is 0.773. The summed E-state index contributed by atoms with van der Waals surface area (Å²) in [6.45, 7) is 1.54. The van der Waals surface area contributed by atoms with Crippen molar-refractivity contribution >= 4 is 15.9 Å². The number of rotatable bonds is 3. The minimum absolute atomic E-state index is 0.0257. The highest BCUT2D eigenvalue weighted by molar-refractivity contribution is 7.94. The van der Waals surface area contributed by atoms with Crippen LogP contribution in [0.15, 0.2) is 29.7 Å². The molecule has 2 nitrogen and oxygen atoms in total. The molecule has 0 amide bonds. The largest absolute Gasteiger partial charge is 0.224 e. The van der Waals surface area contributed by atoms with Crippen molar-refractivity contribution in [1.29, 1.82) is 0 Å². The maximum Gasteiger partial charge on any atom is 0.171 e. The summed E-state index contributed by atoms with van der Waals surface area (Å²) >= 11 is 0. The zero-order chi connectivity index (χ0) is 10.6. The predicted molar refractivity (Wildman–Crippen MR) is 54.9 cm³/mol. The van der Waals surface area contributed by atoms with Crippen LogP contribution in [-0.4, -0.2) is 14.2 Å². The summed E-state index contributed by atoms with van der Waals surface area (Å²) in [5.41, 5.74) is 0.282. The zero-order valence-electron chi connectivity index (χ0n) is 7.77. The minimum Gasteiger partial charge on any atom is -0.224 e. The number of benzene rings is 1. The van der Waals surface area contributed by atoms with E-state index < -0.39 is 15.7 Å². The van der Waals surface area contributed by atoms with E-state index in [-0.39, 0.29) is 11.3 Å². The lowest BCUT2D eigenvalue weighted by molar-refractivity contribution is 0.606. The standard InChI is InChI=1S/C10H11FO2S/c1-2-14(12,13)8-7-9-5-3-4-6-10(9)11/h3-8H,2H2,1H3/b8-7+. The van der Waals surface area contributed by atoms with E-state index in [2.05, 4.69) is 0 Å². The molecule has 1 aromatic rings. The van der Waals surface area contributed by atoms with Crippen LogP contribution in [-0.2, 0) is 9.84 Å². The van der Waals surface area contributed by atoms with Crippen molar-refractivity contribution in [2.45, 2.75) is 6.92 Å². The summed E-state index contributed by atoms with van der Waals surface area (Å²) in [5, 5.41) is 1.03. The molecule has 0 atom stereocenters. The van der Waals surface area contributed by atoms with Crippen molar-refractivity contribution in [3.63, 3.8) is 0 Å². The van der Waals surface area contributed by atoms with Gasteiger partial charge in [-0.25, -0.2) is 12.8 Å². The molecule has 0 fully saturated rings. The Morgan fingerprint density at radius 2 is 2.00 bits per heavy atom. The van der Waals surface area contributed by atoms with Gasteiger partial charge >= 0.3 is 0 Å². The summed E-state index contributed by atoms with van der Waals surface area (Å²) in [6, 6.07) is 6.03. The SMILES string of the molecule is CCS(=O)(=O)/C=C/c1ccccc1F. The average Bonchev–Trinajstić information content (AvgIpc) is 2.17. The number of sulfone groups is 1. The van der Waals surface area contributed by atoms with Crippen LogP contribution in [0.1, 0.15) is 12.5 Å². The second-order valence-corrected chi connectivity index (χ2v) is 4.95. The van der Waals surface area contributed by atoms with Crippen LogP contribution in [0.4, 0.5) is 4.39 Å². The third kappa shape index (κ3) is 2.96. The summed E-state index contributed by atoms with van der Waals surface area (Å²) in [6.07, 6.45) is 1.27. The van der Waals surface area contributed by atoms with Crippen LogP contribution in [0.25, 0.3) is 6.08 Å². The Hall–Kier alpha value is -1.16. The van der Waals surface area contributed by atoms with Crippen molar-refractivity contribution in [2.24, 2.45) is 0 Å². The first-order valence-electron chi connectivity index (χ1n) is 4.20. The molecule has 1 aromatic carbocycles. The van der Waals surface area contributed by atoms with Crippen LogP contribution in [0.2, 0.25) is 0 Å². The topological polar surface area (TPSA) is 34.1 Å². The van der Waals surface area contributed by atoms with Crippen LogP contribution in [0, 0.1) is 5.82 Å². The lowest BCUT2D eigenvalue weighted by atomic mass is 10.2. The van der Waals surface area contributed by atoms with Crippen molar-refractivity contribution in [3.8, 4) is 0 Å². The summed E-state index contributed by atoms with van der Waals surface area (Å²) in [5.74, 6) is -0.396. The zero-order valence-corrected chi connectivity index (χ0v) is 8.59. The molecule has 0 heterocycles. The lowest BCUT2D eigenvalue weighted by Crippen LogP contribution is -1.96. The van der Waals surface area contributed by atoms with Gasteiger partial charge in [0, 0.05) is 11.0 Å². The Morgan fingerprint density at radius 1 is 1.36 bits per heavy atom. The van der Waals surface area contributed by atoms with E-state index in [4.69, 9.17) is 0 Å². The molecular weight excluding hydrogens is 203 g/mol. The highest BCUT2D eigenvalue weighted by Crippen LogP contribution is 2.09. The molecule has 0 saturated carbocycles. The Morgan fingerprint density at radius 3 is 2.57 bits per heavy atom. The van der Waals surface area contributed by atoms with Gasteiger partial charge in [0.15, 0.2) is 9.84 Å². The fourth-order valence-electron chi connectivity index (χ4n) is 0.883. The summed E-state index contributed by atoms with van der Waals surface area (Å²) < 4.78 is 35.2. The molecule has 76 valence electrons. The molecule has 0 aromatic heterocycles. The van der Waals surface area contributed by atoms with E-state index in [9.17, 15) is 12.8 Å². The van der Waals surface area contributed by atoms with Crippen molar-refractivity contribution < 1.29 is 12.8 Å². The number of hydrogen-bond acceptors (Lipinski definition) is 2. The number of hydrogen-bond donors (Lipinski definition) is 0. The van der Waals surface area contributed by atoms with Crippen LogP contribution >= 0.6 is 0 Å². The molecule has 0 aliphatic rings. The Labute approximate surface area is 83.0 Å². The van der Waals surface area contributed by atoms with Gasteiger partial charge in [-0.2, -0.15) is 0 Å². The average molecular weight is 214 g/mol. The normalized spacial score (nSPS) is 12.1. The fourth-order valence-corrected chi connectivity index (χ4v) is 1.43. The second-order valence-electron chi connectivity index (χ2n) is 2.78. The molecule has 4 heteroatoms. The summed E-state index contributed by atoms with van der Waals surface area (Å²) in [7, 11) is -3.18. The van der Waals surface area contributed by atoms with Crippen LogP contribution < -0.4 is 0 Å². The van der Waals surface area contributed by atoms with Crippen LogP contribution in [0.3, 0.4) is 0 Å². The van der Waals surface area contributed by atoms with Gasteiger partial charge in [-0.3, -0.25) is 0 Å². The van der Waals surface area contributed by atoms with E-state index in [1.165, 1.54) is 18.2 Å². The number of halogens is 1. The van der Waals surface area contributed by atoms with E-state index in [0.29, 0.717) is 0 Å². The third-order valence-electron chi connectivity index (χ3n) is 1.76. The monoisotopic (exact) mass is 214 g/mol. The van der Waals surface area contributed by atoms with Crippen molar-refractivity contribution in [3.05, 3.63) is 41.1 Å². The molecule has 0 unspecified atom stereocenters. The lowest BCUT2D eigenvalue weighted by Gasteiger charge is -1.95. The molecule has 0 radical (unpaired) electrons. The molecule has 0 aliphatic heterocycles. The molecule has 0 N–H and O–H groups in total. The predicted octanol–water partition coefficient (Wildman–Crippen LogP) is 2.23. The molecule has 0 aliphatic carbocycles. The highest BCUT2D eigenvalue weighted by atomic mass is 32.2. The maximum absolute atomic E-state index is 13.0. The molecule has 1 rings (SSSR count). The van der Waals surface area contributed by atoms with Gasteiger partial charge in [-0.05, 0) is 12.1 Å². The third-order valence-corrected chi connectivity index (χ3v) is 3.12. The van der Waals surface area contributed by atoms with Gasteiger partial charge in [-0.15, -0.1) is 0 Å². The maximum atomic E-state index is 13.0. The van der Waals surface area contributed by atoms with Crippen LogP contribution in [0.5, 0.6) is 0 Å². The van der Waals surface area contributed by atoms with Gasteiger partial charge in [0.05, 0.1) is 5.75 Å². The molecule has 0 saturated heterocycles. The molecule has 0 bridgehead atoms. The molecule has 0 spiro atoms. The Kier molecular flexibility index (Phi) is 3.41. The second kappa shape index (κ2) is 4.37. The van der Waals surface area contributed by atoms with Gasteiger partial charge in [0.2, 0.25) is 0 Å². The van der Waals surface area contributed by atoms with E-state index >= 15 is 0 Å². The van der Waals surface area contributed by atoms with E-state index in [1.807, 2.05) is 0 Å². The Balaban J connectivity index is 2.95.